The molecule has 0 heterocycles. The summed E-state index contributed by atoms with van der Waals surface area (Å²) in [5, 5.41) is 3.54. The van der Waals surface area contributed by atoms with Gasteiger partial charge in [-0.1, -0.05) is 29.8 Å². The van der Waals surface area contributed by atoms with Crippen LogP contribution in [0.15, 0.2) is 48.5 Å². The summed E-state index contributed by atoms with van der Waals surface area (Å²) in [6, 6.07) is 14.7. The lowest BCUT2D eigenvalue weighted by Crippen LogP contribution is -2.29. The van der Waals surface area contributed by atoms with E-state index < -0.39 is 0 Å². The van der Waals surface area contributed by atoms with Gasteiger partial charge in [-0.2, -0.15) is 0 Å². The third-order valence-electron chi connectivity index (χ3n) is 3.01. The smallest absolute Gasteiger partial charge is 0.238 e. The molecule has 0 saturated carbocycles. The molecule has 0 spiro atoms. The molecule has 2 aromatic rings. The van der Waals surface area contributed by atoms with Gasteiger partial charge in [0.1, 0.15) is 0 Å². The van der Waals surface area contributed by atoms with E-state index in [0.29, 0.717) is 17.3 Å². The molecule has 0 aliphatic heterocycles. The van der Waals surface area contributed by atoms with Crippen molar-refractivity contribution >= 4 is 28.9 Å². The zero-order valence-corrected chi connectivity index (χ0v) is 12.6. The molecule has 0 atom stereocenters. The lowest BCUT2D eigenvalue weighted by Gasteiger charge is -2.17. The molecule has 2 aromatic carbocycles. The van der Waals surface area contributed by atoms with Gasteiger partial charge >= 0.3 is 0 Å². The van der Waals surface area contributed by atoms with Crippen molar-refractivity contribution < 1.29 is 4.79 Å². The summed E-state index contributed by atoms with van der Waals surface area (Å²) in [4.78, 5) is 13.9. The van der Waals surface area contributed by atoms with Gasteiger partial charge < -0.3 is 11.1 Å². The molecule has 4 nitrogen and oxygen atoms in total. The fraction of sp³-hybridized carbons (Fsp3) is 0.188. The number of nitrogens with zero attached hydrogens (tertiary/aromatic N) is 1. The van der Waals surface area contributed by atoms with Crippen molar-refractivity contribution in [3.8, 4) is 0 Å². The van der Waals surface area contributed by atoms with E-state index in [1.54, 1.807) is 24.3 Å². The van der Waals surface area contributed by atoms with E-state index in [1.807, 2.05) is 36.2 Å². The lowest BCUT2D eigenvalue weighted by molar-refractivity contribution is -0.117. The van der Waals surface area contributed by atoms with Crippen LogP contribution < -0.4 is 11.1 Å². The minimum atomic E-state index is -0.0747. The van der Waals surface area contributed by atoms with Gasteiger partial charge in [0.2, 0.25) is 5.91 Å². The number of benzene rings is 2. The first-order valence-electron chi connectivity index (χ1n) is 6.62. The minimum absolute atomic E-state index is 0.0747. The van der Waals surface area contributed by atoms with Gasteiger partial charge in [0.15, 0.2) is 0 Å². The van der Waals surface area contributed by atoms with E-state index in [1.165, 1.54) is 0 Å². The molecule has 1 amide bonds. The Hall–Kier alpha value is -2.04. The van der Waals surface area contributed by atoms with Crippen LogP contribution >= 0.6 is 11.6 Å². The number of amides is 1. The van der Waals surface area contributed by atoms with Crippen LogP contribution in [-0.2, 0) is 11.3 Å². The lowest BCUT2D eigenvalue weighted by atomic mass is 10.2. The highest BCUT2D eigenvalue weighted by Crippen LogP contribution is 2.16. The highest BCUT2D eigenvalue weighted by molar-refractivity contribution is 6.31. The van der Waals surface area contributed by atoms with Crippen LogP contribution in [0.5, 0.6) is 0 Å². The molecular formula is C16H18ClN3O. The third kappa shape index (κ3) is 4.77. The third-order valence-corrected chi connectivity index (χ3v) is 3.37. The fourth-order valence-corrected chi connectivity index (χ4v) is 2.18. The number of halogens is 1. The van der Waals surface area contributed by atoms with E-state index in [-0.39, 0.29) is 12.5 Å². The second-order valence-corrected chi connectivity index (χ2v) is 5.34. The molecule has 0 bridgehead atoms. The number of nitrogens with two attached hydrogens (primary N) is 1. The van der Waals surface area contributed by atoms with Gasteiger partial charge in [0.05, 0.1) is 6.54 Å². The van der Waals surface area contributed by atoms with Gasteiger partial charge in [-0.15, -0.1) is 0 Å². The first-order chi connectivity index (χ1) is 10.0. The van der Waals surface area contributed by atoms with Gasteiger partial charge in [0.25, 0.3) is 0 Å². The van der Waals surface area contributed by atoms with Crippen LogP contribution in [0.2, 0.25) is 5.02 Å². The highest BCUT2D eigenvalue weighted by atomic mass is 35.5. The molecule has 0 saturated heterocycles. The maximum atomic E-state index is 12.0. The van der Waals surface area contributed by atoms with Crippen LogP contribution in [0.4, 0.5) is 11.4 Å². The number of carbonyl (C=O) groups is 1. The fourth-order valence-electron chi connectivity index (χ4n) is 1.99. The normalized spacial score (nSPS) is 10.6. The van der Waals surface area contributed by atoms with Gasteiger partial charge in [-0.25, -0.2) is 0 Å². The molecule has 0 aliphatic carbocycles. The summed E-state index contributed by atoms with van der Waals surface area (Å²) in [7, 11) is 1.88. The van der Waals surface area contributed by atoms with Gasteiger partial charge in [0, 0.05) is 22.9 Å². The largest absolute Gasteiger partial charge is 0.399 e. The summed E-state index contributed by atoms with van der Waals surface area (Å²) in [5.41, 5.74) is 8.01. The molecule has 0 aliphatic rings. The molecule has 0 aromatic heterocycles. The number of hydrogen-bond donors (Lipinski definition) is 2. The number of hydrogen-bond acceptors (Lipinski definition) is 3. The number of likely N-dealkylation sites (N-methyl/N-ethyl adjacent to an activating group) is 1. The Balaban J connectivity index is 1.87. The zero-order chi connectivity index (χ0) is 15.2. The van der Waals surface area contributed by atoms with Crippen molar-refractivity contribution in [2.75, 3.05) is 24.6 Å². The molecule has 3 N–H and O–H groups in total. The molecule has 21 heavy (non-hydrogen) atoms. The Morgan fingerprint density at radius 1 is 1.19 bits per heavy atom. The monoisotopic (exact) mass is 303 g/mol. The first kappa shape index (κ1) is 15.4. The predicted octanol–water partition coefficient (Wildman–Crippen LogP) is 2.99. The van der Waals surface area contributed by atoms with E-state index in [0.717, 1.165) is 11.3 Å². The van der Waals surface area contributed by atoms with Gasteiger partial charge in [-0.05, 0) is 42.9 Å². The Labute approximate surface area is 129 Å². The number of carbonyl (C=O) groups excluding carboxylic acids is 1. The Morgan fingerprint density at radius 2 is 1.86 bits per heavy atom. The number of nitrogens with one attached hydrogen (secondary N) is 1. The quantitative estimate of drug-likeness (QED) is 0.835. The van der Waals surface area contributed by atoms with Crippen LogP contribution in [0, 0.1) is 0 Å². The molecular weight excluding hydrogens is 286 g/mol. The maximum absolute atomic E-state index is 12.0. The SMILES string of the molecule is CN(CC(=O)Nc1ccc(N)cc1)Cc1ccccc1Cl. The molecule has 0 fully saturated rings. The molecule has 0 unspecified atom stereocenters. The van der Waals surface area contributed by atoms with Crippen molar-refractivity contribution in [1.82, 2.24) is 4.90 Å². The molecule has 2 rings (SSSR count). The van der Waals surface area contributed by atoms with Crippen molar-refractivity contribution in [1.29, 1.82) is 0 Å². The summed E-state index contributed by atoms with van der Waals surface area (Å²) in [5.74, 6) is -0.0747. The number of rotatable bonds is 5. The highest BCUT2D eigenvalue weighted by Gasteiger charge is 2.09. The second-order valence-electron chi connectivity index (χ2n) is 4.93. The number of nitrogen functional groups attached to an aromatic ring is 1. The van der Waals surface area contributed by atoms with Crippen molar-refractivity contribution in [2.45, 2.75) is 6.54 Å². The van der Waals surface area contributed by atoms with Crippen LogP contribution in [0.25, 0.3) is 0 Å². The average Bonchev–Trinajstić information content (AvgIpc) is 2.44. The van der Waals surface area contributed by atoms with Crippen LogP contribution in [-0.4, -0.2) is 24.4 Å². The van der Waals surface area contributed by atoms with E-state index in [4.69, 9.17) is 17.3 Å². The van der Waals surface area contributed by atoms with Crippen molar-refractivity contribution in [3.05, 3.63) is 59.1 Å². The van der Waals surface area contributed by atoms with E-state index in [9.17, 15) is 4.79 Å². The summed E-state index contributed by atoms with van der Waals surface area (Å²) < 4.78 is 0. The second kappa shape index (κ2) is 7.11. The Morgan fingerprint density at radius 3 is 2.52 bits per heavy atom. The topological polar surface area (TPSA) is 58.4 Å². The summed E-state index contributed by atoms with van der Waals surface area (Å²) >= 11 is 6.11. The first-order valence-corrected chi connectivity index (χ1v) is 7.00. The molecule has 0 radical (unpaired) electrons. The van der Waals surface area contributed by atoms with E-state index >= 15 is 0 Å². The predicted molar refractivity (Wildman–Crippen MR) is 87.3 cm³/mol. The standard InChI is InChI=1S/C16H18ClN3O/c1-20(10-12-4-2-3-5-15(12)17)11-16(21)19-14-8-6-13(18)7-9-14/h2-9H,10-11,18H2,1H3,(H,19,21). The summed E-state index contributed by atoms with van der Waals surface area (Å²) in [6.07, 6.45) is 0. The van der Waals surface area contributed by atoms with Gasteiger partial charge in [-0.3, -0.25) is 9.69 Å². The summed E-state index contributed by atoms with van der Waals surface area (Å²) in [6.45, 7) is 0.907. The Bertz CT molecular complexity index is 613. The van der Waals surface area contributed by atoms with Crippen molar-refractivity contribution in [3.63, 3.8) is 0 Å². The van der Waals surface area contributed by atoms with Crippen LogP contribution in [0.3, 0.4) is 0 Å². The minimum Gasteiger partial charge on any atom is -0.399 e. The number of anilines is 2. The average molecular weight is 304 g/mol. The zero-order valence-electron chi connectivity index (χ0n) is 11.8. The maximum Gasteiger partial charge on any atom is 0.238 e. The van der Waals surface area contributed by atoms with Crippen LogP contribution in [0.1, 0.15) is 5.56 Å². The molecule has 5 heteroatoms. The van der Waals surface area contributed by atoms with Crippen molar-refractivity contribution in [2.24, 2.45) is 0 Å². The van der Waals surface area contributed by atoms with E-state index in [2.05, 4.69) is 5.32 Å². The molecule has 110 valence electrons. The Kier molecular flexibility index (Phi) is 5.20.